The molecule has 0 bridgehead atoms. The van der Waals surface area contributed by atoms with Crippen LogP contribution in [0.2, 0.25) is 0 Å². The van der Waals surface area contributed by atoms with Gasteiger partial charge in [0.15, 0.2) is 0 Å². The van der Waals surface area contributed by atoms with Gasteiger partial charge < -0.3 is 5.32 Å². The lowest BCUT2D eigenvalue weighted by molar-refractivity contribution is -0.123. The molecule has 0 unspecified atom stereocenters. The minimum atomic E-state index is -0.917. The van der Waals surface area contributed by atoms with Gasteiger partial charge in [0.05, 0.1) is 6.07 Å². The van der Waals surface area contributed by atoms with Crippen LogP contribution in [-0.4, -0.2) is 5.91 Å². The number of nitriles is 1. The Hall–Kier alpha value is -1.82. The summed E-state index contributed by atoms with van der Waals surface area (Å²) in [5, 5.41) is 12.2. The Morgan fingerprint density at radius 1 is 1.26 bits per heavy atom. The molecule has 19 heavy (non-hydrogen) atoms. The molecule has 0 aliphatic carbocycles. The third kappa shape index (κ3) is 3.35. The van der Waals surface area contributed by atoms with Crippen molar-refractivity contribution in [3.05, 3.63) is 29.8 Å². The van der Waals surface area contributed by atoms with Gasteiger partial charge in [0.25, 0.3) is 0 Å². The van der Waals surface area contributed by atoms with Gasteiger partial charge in [0.2, 0.25) is 5.91 Å². The number of hydrogen-bond acceptors (Lipinski definition) is 2. The molecule has 0 radical (unpaired) electrons. The molecule has 1 aromatic carbocycles. The number of benzene rings is 1. The molecule has 0 aromatic heterocycles. The van der Waals surface area contributed by atoms with Crippen LogP contribution in [0.3, 0.4) is 0 Å². The zero-order chi connectivity index (χ0) is 14.3. The number of nitrogens with one attached hydrogen (secondary N) is 1. The maximum atomic E-state index is 12.4. The van der Waals surface area contributed by atoms with Crippen molar-refractivity contribution < 1.29 is 4.79 Å². The molecule has 0 fully saturated rings. The van der Waals surface area contributed by atoms with E-state index in [1.54, 1.807) is 0 Å². The number of carbonyl (C=O) groups is 1. The van der Waals surface area contributed by atoms with E-state index < -0.39 is 5.41 Å². The zero-order valence-corrected chi connectivity index (χ0v) is 12.0. The van der Waals surface area contributed by atoms with Crippen molar-refractivity contribution in [2.24, 2.45) is 5.41 Å². The van der Waals surface area contributed by atoms with Crippen molar-refractivity contribution in [3.8, 4) is 6.07 Å². The maximum absolute atomic E-state index is 12.4. The van der Waals surface area contributed by atoms with Gasteiger partial charge in [-0.05, 0) is 30.9 Å². The van der Waals surface area contributed by atoms with Crippen LogP contribution in [0.15, 0.2) is 24.3 Å². The van der Waals surface area contributed by atoms with Crippen LogP contribution in [0.1, 0.15) is 45.6 Å². The van der Waals surface area contributed by atoms with E-state index in [0.29, 0.717) is 12.8 Å². The van der Waals surface area contributed by atoms with E-state index in [2.05, 4.69) is 18.3 Å². The van der Waals surface area contributed by atoms with Crippen LogP contribution in [0.25, 0.3) is 0 Å². The average Bonchev–Trinajstić information content (AvgIpc) is 2.44. The van der Waals surface area contributed by atoms with Crippen molar-refractivity contribution >= 4 is 11.6 Å². The van der Waals surface area contributed by atoms with Crippen molar-refractivity contribution in [2.75, 3.05) is 5.32 Å². The van der Waals surface area contributed by atoms with E-state index in [-0.39, 0.29) is 5.91 Å². The van der Waals surface area contributed by atoms with E-state index in [1.807, 2.05) is 38.1 Å². The summed E-state index contributed by atoms with van der Waals surface area (Å²) in [5.74, 6) is -0.191. The van der Waals surface area contributed by atoms with Crippen LogP contribution in [0, 0.1) is 16.7 Å². The van der Waals surface area contributed by atoms with Gasteiger partial charge in [-0.15, -0.1) is 0 Å². The molecule has 102 valence electrons. The molecule has 1 aromatic rings. The number of carbonyl (C=O) groups excluding carboxylic acids is 1. The van der Waals surface area contributed by atoms with Crippen LogP contribution in [0.5, 0.6) is 0 Å². The number of rotatable bonds is 6. The maximum Gasteiger partial charge on any atom is 0.244 e. The highest BCUT2D eigenvalue weighted by atomic mass is 16.2. The van der Waals surface area contributed by atoms with Crippen LogP contribution < -0.4 is 5.32 Å². The minimum Gasteiger partial charge on any atom is -0.324 e. The van der Waals surface area contributed by atoms with E-state index in [0.717, 1.165) is 24.1 Å². The lowest BCUT2D eigenvalue weighted by Crippen LogP contribution is -2.34. The van der Waals surface area contributed by atoms with E-state index in [1.165, 1.54) is 0 Å². The van der Waals surface area contributed by atoms with Gasteiger partial charge in [-0.3, -0.25) is 4.79 Å². The van der Waals surface area contributed by atoms with Gasteiger partial charge in [-0.1, -0.05) is 45.4 Å². The molecule has 1 rings (SSSR count). The number of amides is 1. The first kappa shape index (κ1) is 15.2. The number of anilines is 1. The van der Waals surface area contributed by atoms with Gasteiger partial charge in [0.1, 0.15) is 5.41 Å². The zero-order valence-electron chi connectivity index (χ0n) is 12.0. The van der Waals surface area contributed by atoms with Crippen LogP contribution >= 0.6 is 0 Å². The summed E-state index contributed by atoms with van der Waals surface area (Å²) in [6, 6.07) is 9.97. The van der Waals surface area contributed by atoms with Crippen LogP contribution in [0.4, 0.5) is 5.69 Å². The summed E-state index contributed by atoms with van der Waals surface area (Å²) in [4.78, 5) is 12.4. The molecule has 0 aliphatic heterocycles. The summed E-state index contributed by atoms with van der Waals surface area (Å²) in [6.07, 6.45) is 3.01. The Labute approximate surface area is 115 Å². The molecule has 0 spiro atoms. The molecule has 3 heteroatoms. The molecule has 0 saturated carbocycles. The predicted octanol–water partition coefficient (Wildman–Crippen LogP) is 3.91. The topological polar surface area (TPSA) is 52.9 Å². The summed E-state index contributed by atoms with van der Waals surface area (Å²) in [5.41, 5.74) is 1.03. The SMILES string of the molecule is CCCc1ccccc1NC(=O)C(C#N)(CC)CC. The van der Waals surface area contributed by atoms with Gasteiger partial charge in [0, 0.05) is 5.69 Å². The molecular formula is C16H22N2O. The Balaban J connectivity index is 2.97. The summed E-state index contributed by atoms with van der Waals surface area (Å²) >= 11 is 0. The van der Waals surface area contributed by atoms with Crippen LogP contribution in [-0.2, 0) is 11.2 Å². The molecule has 0 atom stereocenters. The van der Waals surface area contributed by atoms with E-state index in [4.69, 9.17) is 0 Å². The largest absolute Gasteiger partial charge is 0.324 e. The summed E-state index contributed by atoms with van der Waals surface area (Å²) in [7, 11) is 0. The number of aryl methyl sites for hydroxylation is 1. The molecule has 1 N–H and O–H groups in total. The molecule has 0 heterocycles. The lowest BCUT2D eigenvalue weighted by Gasteiger charge is -2.23. The Morgan fingerprint density at radius 2 is 1.89 bits per heavy atom. The Morgan fingerprint density at radius 3 is 2.42 bits per heavy atom. The first-order chi connectivity index (χ1) is 9.13. The number of nitrogens with zero attached hydrogens (tertiary/aromatic N) is 1. The molecule has 1 amide bonds. The van der Waals surface area contributed by atoms with Gasteiger partial charge in [-0.25, -0.2) is 0 Å². The third-order valence-corrected chi connectivity index (χ3v) is 3.64. The number of hydrogen-bond donors (Lipinski definition) is 1. The second kappa shape index (κ2) is 6.94. The smallest absolute Gasteiger partial charge is 0.244 e. The highest BCUT2D eigenvalue weighted by molar-refractivity contribution is 5.97. The monoisotopic (exact) mass is 258 g/mol. The summed E-state index contributed by atoms with van der Waals surface area (Å²) in [6.45, 7) is 5.87. The lowest BCUT2D eigenvalue weighted by atomic mass is 9.83. The van der Waals surface area contributed by atoms with Crippen molar-refractivity contribution in [3.63, 3.8) is 0 Å². The minimum absolute atomic E-state index is 0.191. The quantitative estimate of drug-likeness (QED) is 0.841. The van der Waals surface area contributed by atoms with Crippen molar-refractivity contribution in [2.45, 2.75) is 46.5 Å². The highest BCUT2D eigenvalue weighted by Gasteiger charge is 2.35. The predicted molar refractivity (Wildman–Crippen MR) is 77.7 cm³/mol. The van der Waals surface area contributed by atoms with Gasteiger partial charge in [-0.2, -0.15) is 5.26 Å². The average molecular weight is 258 g/mol. The van der Waals surface area contributed by atoms with Crippen molar-refractivity contribution in [1.29, 1.82) is 5.26 Å². The Kier molecular flexibility index (Phi) is 5.57. The molecule has 0 aliphatic rings. The molecule has 0 saturated heterocycles. The first-order valence-electron chi connectivity index (χ1n) is 6.94. The number of para-hydroxylation sites is 1. The standard InChI is InChI=1S/C16H22N2O/c1-4-9-13-10-7-8-11-14(13)18-15(19)16(5-2,6-3)12-17/h7-8,10-11H,4-6,9H2,1-3H3,(H,18,19). The fraction of sp³-hybridized carbons (Fsp3) is 0.500. The van der Waals surface area contributed by atoms with Crippen molar-refractivity contribution in [1.82, 2.24) is 0 Å². The van der Waals surface area contributed by atoms with Gasteiger partial charge >= 0.3 is 0 Å². The van der Waals surface area contributed by atoms with E-state index in [9.17, 15) is 10.1 Å². The second-order valence-electron chi connectivity index (χ2n) is 4.76. The second-order valence-corrected chi connectivity index (χ2v) is 4.76. The van der Waals surface area contributed by atoms with E-state index >= 15 is 0 Å². The summed E-state index contributed by atoms with van der Waals surface area (Å²) < 4.78 is 0. The highest BCUT2D eigenvalue weighted by Crippen LogP contribution is 2.28. The first-order valence-corrected chi connectivity index (χ1v) is 6.94. The fourth-order valence-electron chi connectivity index (χ4n) is 2.15. The molecular weight excluding hydrogens is 236 g/mol. The Bertz CT molecular complexity index is 470. The fourth-order valence-corrected chi connectivity index (χ4v) is 2.15. The third-order valence-electron chi connectivity index (χ3n) is 3.64. The molecule has 3 nitrogen and oxygen atoms in total. The normalized spacial score (nSPS) is 10.8.